The average molecular weight is 493 g/mol. The number of hydrogen-bond donors (Lipinski definition) is 0. The third kappa shape index (κ3) is 5.88. The van der Waals surface area contributed by atoms with Crippen LogP contribution in [0.25, 0.3) is 0 Å². The first kappa shape index (κ1) is 28.5. The zero-order valence-corrected chi connectivity index (χ0v) is 12.3. The molecule has 0 amide bonds. The van der Waals surface area contributed by atoms with Crippen molar-refractivity contribution in [2.45, 2.75) is 36.5 Å². The second kappa shape index (κ2) is 8.89. The first-order valence-corrected chi connectivity index (χ1v) is 4.78. The Kier molecular flexibility index (Phi) is 10.1. The Balaban J connectivity index is -0.000000372. The summed E-state index contributed by atoms with van der Waals surface area (Å²) in [6.45, 7) is 0. The smallest absolute Gasteiger partial charge is 0.544 e. The number of carbonyl (C=O) groups is 2. The Hall–Kier alpha value is -1.28. The Bertz CT molecular complexity index is 424. The third-order valence-corrected chi connectivity index (χ3v) is 1.90. The molecule has 0 saturated carbocycles. The van der Waals surface area contributed by atoms with Crippen molar-refractivity contribution in [3.8, 4) is 0 Å². The molecule has 0 aliphatic heterocycles. The molecule has 0 fully saturated rings. The molecule has 0 aromatic rings. The topological polar surface area (TPSA) is 80.3 Å². The number of carboxylic acids is 2. The fourth-order valence-electron chi connectivity index (χ4n) is 0.546. The summed E-state index contributed by atoms with van der Waals surface area (Å²) in [5, 5.41) is 18.6. The van der Waals surface area contributed by atoms with E-state index in [9.17, 15) is 72.5 Å². The van der Waals surface area contributed by atoms with E-state index in [1.165, 1.54) is 0 Å². The van der Waals surface area contributed by atoms with Gasteiger partial charge in [-0.25, -0.2) is 17.6 Å². The number of carboxylic acid groups (broad SMARTS) is 2. The molecule has 0 rings (SSSR count). The van der Waals surface area contributed by atoms with Crippen LogP contribution in [0.5, 0.6) is 0 Å². The standard InChI is InChI=1S/2C4H2F6O2.Rh/c2*5-1(6)3(7,8)4(9,10)2(11)12;/h2*1H,(H,11,12);/q;;+2/p-2. The van der Waals surface area contributed by atoms with Crippen molar-refractivity contribution >= 4 is 11.9 Å². The van der Waals surface area contributed by atoms with E-state index in [1.807, 2.05) is 0 Å². The van der Waals surface area contributed by atoms with Gasteiger partial charge in [-0.15, -0.1) is 0 Å². The van der Waals surface area contributed by atoms with Crippen LogP contribution in [0.2, 0.25) is 0 Å². The predicted octanol–water partition coefficient (Wildman–Crippen LogP) is 0.541. The molecule has 0 spiro atoms. The molecule has 17 heteroatoms. The summed E-state index contributed by atoms with van der Waals surface area (Å²) in [5.41, 5.74) is 0. The van der Waals surface area contributed by atoms with Gasteiger partial charge in [-0.3, -0.25) is 0 Å². The second-order valence-electron chi connectivity index (χ2n) is 3.57. The van der Waals surface area contributed by atoms with Crippen molar-refractivity contribution in [1.29, 1.82) is 0 Å². The molecule has 1 radical (unpaired) electrons. The summed E-state index contributed by atoms with van der Waals surface area (Å²) in [5.74, 6) is -30.6. The fourth-order valence-corrected chi connectivity index (χ4v) is 0.546. The molecule has 25 heavy (non-hydrogen) atoms. The van der Waals surface area contributed by atoms with Crippen LogP contribution in [0.15, 0.2) is 0 Å². The number of alkyl halides is 12. The second-order valence-corrected chi connectivity index (χ2v) is 3.57. The first-order chi connectivity index (χ1) is 10.3. The number of rotatable bonds is 6. The van der Waals surface area contributed by atoms with Gasteiger partial charge in [0.15, 0.2) is 0 Å². The van der Waals surface area contributed by atoms with E-state index in [0.717, 1.165) is 0 Å². The minimum absolute atomic E-state index is 0. The normalized spacial score (nSPS) is 13.0. The molecule has 151 valence electrons. The van der Waals surface area contributed by atoms with Gasteiger partial charge in [0.1, 0.15) is 11.9 Å². The SMILES string of the molecule is O=C([O-])C(F)(F)C(F)(F)C(F)F.O=C([O-])C(F)(F)C(F)(F)C(F)F.[Rh+2]. The van der Waals surface area contributed by atoms with E-state index in [4.69, 9.17) is 0 Å². The Morgan fingerprint density at radius 2 is 0.760 bits per heavy atom. The first-order valence-electron chi connectivity index (χ1n) is 4.78. The zero-order chi connectivity index (χ0) is 20.3. The molecule has 0 bridgehead atoms. The van der Waals surface area contributed by atoms with Crippen molar-refractivity contribution in [1.82, 2.24) is 0 Å². The van der Waals surface area contributed by atoms with Crippen LogP contribution in [0, 0.1) is 0 Å². The van der Waals surface area contributed by atoms with E-state index < -0.39 is 48.5 Å². The van der Waals surface area contributed by atoms with Gasteiger partial charge in [0.05, 0.1) is 0 Å². The van der Waals surface area contributed by atoms with E-state index in [2.05, 4.69) is 0 Å². The van der Waals surface area contributed by atoms with Gasteiger partial charge in [0.25, 0.3) is 0 Å². The summed E-state index contributed by atoms with van der Waals surface area (Å²) in [6, 6.07) is 0. The van der Waals surface area contributed by atoms with E-state index >= 15 is 0 Å². The monoisotopic (exact) mass is 493 g/mol. The quantitative estimate of drug-likeness (QED) is 0.400. The minimum Gasteiger partial charge on any atom is -0.544 e. The molecule has 0 aromatic carbocycles. The molecule has 0 unspecified atom stereocenters. The molecule has 4 nitrogen and oxygen atoms in total. The fraction of sp³-hybridized carbons (Fsp3) is 0.750. The van der Waals surface area contributed by atoms with Crippen LogP contribution in [0.1, 0.15) is 0 Å². The Morgan fingerprint density at radius 1 is 0.600 bits per heavy atom. The van der Waals surface area contributed by atoms with Crippen LogP contribution in [-0.2, 0) is 29.1 Å². The van der Waals surface area contributed by atoms with Crippen molar-refractivity contribution in [3.05, 3.63) is 0 Å². The Labute approximate surface area is 141 Å². The third-order valence-electron chi connectivity index (χ3n) is 1.90. The maximum absolute atomic E-state index is 11.7. The largest absolute Gasteiger partial charge is 2.00 e. The summed E-state index contributed by atoms with van der Waals surface area (Å²) in [4.78, 5) is 18.6. The van der Waals surface area contributed by atoms with Crippen molar-refractivity contribution < 1.29 is 92.0 Å². The number of hydrogen-bond acceptors (Lipinski definition) is 4. The van der Waals surface area contributed by atoms with Gasteiger partial charge in [-0.05, 0) is 0 Å². The molecule has 0 aliphatic rings. The maximum atomic E-state index is 11.7. The summed E-state index contributed by atoms with van der Waals surface area (Å²) in [7, 11) is 0. The van der Waals surface area contributed by atoms with Crippen LogP contribution >= 0.6 is 0 Å². The van der Waals surface area contributed by atoms with Gasteiger partial charge < -0.3 is 19.8 Å². The van der Waals surface area contributed by atoms with E-state index in [0.29, 0.717) is 0 Å². The zero-order valence-electron chi connectivity index (χ0n) is 10.7. The number of carbonyl (C=O) groups excluding carboxylic acids is 2. The minimum atomic E-state index is -5.91. The van der Waals surface area contributed by atoms with Crippen LogP contribution in [-0.4, -0.2) is 48.5 Å². The maximum Gasteiger partial charge on any atom is 2.00 e. The van der Waals surface area contributed by atoms with Crippen LogP contribution in [0.3, 0.4) is 0 Å². The number of aliphatic carboxylic acids is 2. The van der Waals surface area contributed by atoms with E-state index in [-0.39, 0.29) is 19.5 Å². The Morgan fingerprint density at radius 3 is 0.800 bits per heavy atom. The molecule has 0 atom stereocenters. The molecule has 0 saturated heterocycles. The summed E-state index contributed by atoms with van der Waals surface area (Å²) >= 11 is 0. The van der Waals surface area contributed by atoms with Gasteiger partial charge in [-0.1, -0.05) is 0 Å². The van der Waals surface area contributed by atoms with Gasteiger partial charge in [0, 0.05) is 0 Å². The summed E-state index contributed by atoms with van der Waals surface area (Å²) < 4.78 is 138. The van der Waals surface area contributed by atoms with Gasteiger partial charge >= 0.3 is 56.0 Å². The van der Waals surface area contributed by atoms with Crippen LogP contribution < -0.4 is 10.2 Å². The van der Waals surface area contributed by atoms with E-state index in [1.54, 1.807) is 0 Å². The number of halogens is 12. The molecule has 0 aromatic heterocycles. The predicted molar refractivity (Wildman–Crippen MR) is 41.8 cm³/mol. The van der Waals surface area contributed by atoms with Gasteiger partial charge in [0.2, 0.25) is 0 Å². The molecule has 0 heterocycles. The summed E-state index contributed by atoms with van der Waals surface area (Å²) in [6.07, 6.45) is -9.52. The molecule has 0 aliphatic carbocycles. The van der Waals surface area contributed by atoms with Crippen LogP contribution in [0.4, 0.5) is 52.7 Å². The molecular formula is C8H2F12O4Rh. The van der Waals surface area contributed by atoms with Gasteiger partial charge in [-0.2, -0.15) is 35.1 Å². The molecule has 0 N–H and O–H groups in total. The van der Waals surface area contributed by atoms with Crippen molar-refractivity contribution in [2.75, 3.05) is 0 Å². The molecular weight excluding hydrogens is 491 g/mol. The van der Waals surface area contributed by atoms with Crippen molar-refractivity contribution in [2.24, 2.45) is 0 Å². The van der Waals surface area contributed by atoms with Crippen molar-refractivity contribution in [3.63, 3.8) is 0 Å². The average Bonchev–Trinajstić information content (AvgIpc) is 2.37.